The molecule has 0 spiro atoms. The number of hydrogen-bond donors (Lipinski definition) is 1. The van der Waals surface area contributed by atoms with E-state index in [0.717, 1.165) is 22.7 Å². The van der Waals surface area contributed by atoms with Crippen molar-refractivity contribution < 1.29 is 14.6 Å². The van der Waals surface area contributed by atoms with Crippen LogP contribution < -0.4 is 10.3 Å². The van der Waals surface area contributed by atoms with Crippen molar-refractivity contribution in [3.8, 4) is 5.75 Å². The Morgan fingerprint density at radius 2 is 1.94 bits per heavy atom. The molecule has 2 atom stereocenters. The van der Waals surface area contributed by atoms with Crippen molar-refractivity contribution in [3.63, 3.8) is 0 Å². The van der Waals surface area contributed by atoms with Gasteiger partial charge in [0.2, 0.25) is 0 Å². The van der Waals surface area contributed by atoms with Crippen LogP contribution in [0.25, 0.3) is 21.7 Å². The second-order valence-corrected chi connectivity index (χ2v) is 9.93. The zero-order valence-electron chi connectivity index (χ0n) is 19.8. The van der Waals surface area contributed by atoms with Gasteiger partial charge in [0, 0.05) is 37.9 Å². The first kappa shape index (κ1) is 23.6. The molecule has 1 aromatic carbocycles. The van der Waals surface area contributed by atoms with Gasteiger partial charge in [0.05, 0.1) is 16.9 Å². The smallest absolute Gasteiger partial charge is 0.407 e. The molecule has 3 rings (SSSR count). The van der Waals surface area contributed by atoms with Crippen LogP contribution >= 0.6 is 0 Å². The van der Waals surface area contributed by atoms with Crippen molar-refractivity contribution in [1.29, 1.82) is 0 Å². The van der Waals surface area contributed by atoms with Crippen molar-refractivity contribution in [3.05, 3.63) is 47.0 Å². The fourth-order valence-corrected chi connectivity index (χ4v) is 4.48. The van der Waals surface area contributed by atoms with E-state index in [1.165, 1.54) is 4.90 Å². The standard InChI is InChI=1S/C25H33N3O4/c1-16(13-25(2,3)4)11-17(27(5)24(30)31)15-32-18-7-8-20-19-9-10-26-14-21(19)23(29)28(6)22(20)12-18/h7-10,12,14,16-17H,11,13,15H2,1-6H3,(H,30,31). The van der Waals surface area contributed by atoms with Crippen molar-refractivity contribution in [2.75, 3.05) is 13.7 Å². The first-order valence-electron chi connectivity index (χ1n) is 10.9. The van der Waals surface area contributed by atoms with Crippen LogP contribution in [0.2, 0.25) is 0 Å². The molecule has 0 bridgehead atoms. The number of aromatic nitrogens is 2. The van der Waals surface area contributed by atoms with Gasteiger partial charge in [-0.25, -0.2) is 4.79 Å². The first-order valence-corrected chi connectivity index (χ1v) is 10.9. The summed E-state index contributed by atoms with van der Waals surface area (Å²) in [5.74, 6) is 0.955. The summed E-state index contributed by atoms with van der Waals surface area (Å²) in [5, 5.41) is 11.9. The number of carbonyl (C=O) groups is 1. The van der Waals surface area contributed by atoms with Gasteiger partial charge in [0.1, 0.15) is 12.4 Å². The summed E-state index contributed by atoms with van der Waals surface area (Å²) >= 11 is 0. The average molecular weight is 440 g/mol. The third-order valence-corrected chi connectivity index (χ3v) is 5.90. The fourth-order valence-electron chi connectivity index (χ4n) is 4.48. The lowest BCUT2D eigenvalue weighted by Gasteiger charge is -2.30. The normalized spacial score (nSPS) is 13.8. The molecule has 3 aromatic rings. The summed E-state index contributed by atoms with van der Waals surface area (Å²) < 4.78 is 7.65. The molecule has 2 unspecified atom stereocenters. The molecule has 2 heterocycles. The quantitative estimate of drug-likeness (QED) is 0.529. The lowest BCUT2D eigenvalue weighted by molar-refractivity contribution is 0.105. The van der Waals surface area contributed by atoms with Crippen molar-refractivity contribution in [2.45, 2.75) is 46.6 Å². The molecule has 0 fully saturated rings. The second kappa shape index (κ2) is 9.18. The molecule has 1 amide bonds. The Labute approximate surface area is 188 Å². The minimum atomic E-state index is -0.970. The summed E-state index contributed by atoms with van der Waals surface area (Å²) in [6, 6.07) is 7.21. The lowest BCUT2D eigenvalue weighted by Crippen LogP contribution is -2.41. The zero-order chi connectivity index (χ0) is 23.6. The number of benzene rings is 1. The number of ether oxygens (including phenoxy) is 1. The first-order chi connectivity index (χ1) is 15.0. The molecule has 1 N–H and O–H groups in total. The Morgan fingerprint density at radius 1 is 1.22 bits per heavy atom. The van der Waals surface area contributed by atoms with Gasteiger partial charge < -0.3 is 19.3 Å². The average Bonchev–Trinajstić information content (AvgIpc) is 2.73. The summed E-state index contributed by atoms with van der Waals surface area (Å²) in [4.78, 5) is 29.8. The Morgan fingerprint density at radius 3 is 2.59 bits per heavy atom. The predicted molar refractivity (Wildman–Crippen MR) is 127 cm³/mol. The van der Waals surface area contributed by atoms with E-state index in [1.807, 2.05) is 24.3 Å². The number of amides is 1. The number of fused-ring (bicyclic) bond motifs is 3. The Kier molecular flexibility index (Phi) is 6.77. The van der Waals surface area contributed by atoms with Gasteiger partial charge in [-0.05, 0) is 47.8 Å². The van der Waals surface area contributed by atoms with E-state index < -0.39 is 6.09 Å². The zero-order valence-corrected chi connectivity index (χ0v) is 19.8. The monoisotopic (exact) mass is 439 g/mol. The molecule has 0 aliphatic rings. The molecule has 2 aromatic heterocycles. The van der Waals surface area contributed by atoms with Gasteiger partial charge in [0.25, 0.3) is 5.56 Å². The summed E-state index contributed by atoms with van der Waals surface area (Å²) in [6.07, 6.45) is 4.01. The third kappa shape index (κ3) is 5.21. The number of nitrogens with zero attached hydrogens (tertiary/aromatic N) is 3. The maximum absolute atomic E-state index is 12.7. The Bertz CT molecular complexity index is 1180. The van der Waals surface area contributed by atoms with E-state index >= 15 is 0 Å². The molecule has 0 radical (unpaired) electrons. The second-order valence-electron chi connectivity index (χ2n) is 9.93. The number of likely N-dealkylation sites (N-methyl/N-ethyl adjacent to an activating group) is 1. The highest BCUT2D eigenvalue weighted by Gasteiger charge is 2.25. The maximum Gasteiger partial charge on any atom is 0.407 e. The number of pyridine rings is 2. The van der Waals surface area contributed by atoms with Gasteiger partial charge in [-0.2, -0.15) is 0 Å². The van der Waals surface area contributed by atoms with Gasteiger partial charge in [-0.1, -0.05) is 27.7 Å². The molecule has 32 heavy (non-hydrogen) atoms. The van der Waals surface area contributed by atoms with E-state index in [1.54, 1.807) is 31.1 Å². The topological polar surface area (TPSA) is 84.7 Å². The summed E-state index contributed by atoms with van der Waals surface area (Å²) in [6.45, 7) is 8.97. The van der Waals surface area contributed by atoms with E-state index in [0.29, 0.717) is 23.5 Å². The number of rotatable bonds is 7. The number of aryl methyl sites for hydroxylation is 1. The van der Waals surface area contributed by atoms with Crippen LogP contribution in [0, 0.1) is 11.3 Å². The highest BCUT2D eigenvalue weighted by molar-refractivity contribution is 6.05. The minimum absolute atomic E-state index is 0.114. The van der Waals surface area contributed by atoms with Crippen LogP contribution in [0.3, 0.4) is 0 Å². The maximum atomic E-state index is 12.7. The van der Waals surface area contributed by atoms with Gasteiger partial charge in [-0.3, -0.25) is 9.78 Å². The van der Waals surface area contributed by atoms with Crippen molar-refractivity contribution in [1.82, 2.24) is 14.5 Å². The molecule has 0 saturated heterocycles. The summed E-state index contributed by atoms with van der Waals surface area (Å²) in [7, 11) is 3.32. The fraction of sp³-hybridized carbons (Fsp3) is 0.480. The largest absolute Gasteiger partial charge is 0.491 e. The predicted octanol–water partition coefficient (Wildman–Crippen LogP) is 4.91. The molecule has 172 valence electrons. The van der Waals surface area contributed by atoms with Crippen LogP contribution in [0.4, 0.5) is 4.79 Å². The van der Waals surface area contributed by atoms with E-state index in [-0.39, 0.29) is 23.6 Å². The lowest BCUT2D eigenvalue weighted by atomic mass is 9.83. The van der Waals surface area contributed by atoms with Crippen LogP contribution in [0.15, 0.2) is 41.5 Å². The van der Waals surface area contributed by atoms with Crippen LogP contribution in [-0.4, -0.2) is 45.3 Å². The molecule has 7 nitrogen and oxygen atoms in total. The van der Waals surface area contributed by atoms with Gasteiger partial charge >= 0.3 is 6.09 Å². The van der Waals surface area contributed by atoms with Crippen LogP contribution in [0.5, 0.6) is 5.75 Å². The Hall–Kier alpha value is -3.09. The van der Waals surface area contributed by atoms with Crippen LogP contribution in [0.1, 0.15) is 40.5 Å². The molecule has 0 aliphatic heterocycles. The van der Waals surface area contributed by atoms with Crippen molar-refractivity contribution >= 4 is 27.8 Å². The van der Waals surface area contributed by atoms with Gasteiger partial charge in [0.15, 0.2) is 0 Å². The van der Waals surface area contributed by atoms with Crippen molar-refractivity contribution in [2.24, 2.45) is 18.4 Å². The van der Waals surface area contributed by atoms with E-state index in [9.17, 15) is 14.7 Å². The number of hydrogen-bond acceptors (Lipinski definition) is 4. The molecule has 7 heteroatoms. The molecule has 0 saturated carbocycles. The molecular formula is C25H33N3O4. The SMILES string of the molecule is CC(CC(COc1ccc2c3ccncc3c(=O)n(C)c2c1)N(C)C(=O)O)CC(C)(C)C. The van der Waals surface area contributed by atoms with E-state index in [2.05, 4.69) is 32.7 Å². The minimum Gasteiger partial charge on any atom is -0.491 e. The van der Waals surface area contributed by atoms with Gasteiger partial charge in [-0.15, -0.1) is 0 Å². The molecular weight excluding hydrogens is 406 g/mol. The van der Waals surface area contributed by atoms with Crippen LogP contribution in [-0.2, 0) is 7.05 Å². The van der Waals surface area contributed by atoms with E-state index in [4.69, 9.17) is 4.74 Å². The Balaban J connectivity index is 1.86. The molecule has 0 aliphatic carbocycles. The highest BCUT2D eigenvalue weighted by Crippen LogP contribution is 2.29. The highest BCUT2D eigenvalue weighted by atomic mass is 16.5. The number of carboxylic acid groups (broad SMARTS) is 1. The third-order valence-electron chi connectivity index (χ3n) is 5.90. The summed E-state index contributed by atoms with van der Waals surface area (Å²) in [5.41, 5.74) is 0.821.